The van der Waals surface area contributed by atoms with Gasteiger partial charge in [-0.2, -0.15) is 0 Å². The molecule has 8 nitrogen and oxygen atoms in total. The number of thioether (sulfide) groups is 1. The Kier molecular flexibility index (Phi) is 8.12. The van der Waals surface area contributed by atoms with Crippen molar-refractivity contribution in [1.29, 1.82) is 0 Å². The number of carbonyl (C=O) groups is 2. The molecule has 1 aliphatic rings. The normalized spacial score (nSPS) is 15.9. The van der Waals surface area contributed by atoms with Crippen LogP contribution in [0, 0.1) is 13.8 Å². The van der Waals surface area contributed by atoms with Gasteiger partial charge in [0, 0.05) is 37.6 Å². The van der Waals surface area contributed by atoms with Crippen molar-refractivity contribution >= 4 is 45.1 Å². The van der Waals surface area contributed by atoms with Gasteiger partial charge < -0.3 is 15.2 Å². The van der Waals surface area contributed by atoms with Crippen LogP contribution in [0.15, 0.2) is 4.79 Å². The van der Waals surface area contributed by atoms with E-state index in [9.17, 15) is 14.4 Å². The number of amides is 2. The molecular formula is C21H31N5O3S2. The molecule has 0 aliphatic carbocycles. The van der Waals surface area contributed by atoms with E-state index in [2.05, 4.69) is 20.2 Å². The lowest BCUT2D eigenvalue weighted by Crippen LogP contribution is -2.52. The molecule has 0 spiro atoms. The summed E-state index contributed by atoms with van der Waals surface area (Å²) in [5.74, 6) is 1.21. The van der Waals surface area contributed by atoms with Crippen LogP contribution in [0.25, 0.3) is 10.2 Å². The number of nitrogens with zero attached hydrogens (tertiary/aromatic N) is 3. The zero-order chi connectivity index (χ0) is 22.5. The molecule has 1 saturated heterocycles. The van der Waals surface area contributed by atoms with Gasteiger partial charge in [-0.15, -0.1) is 23.1 Å². The second-order valence-corrected chi connectivity index (χ2v) is 10.4. The molecule has 170 valence electrons. The molecule has 0 aromatic carbocycles. The van der Waals surface area contributed by atoms with Crippen LogP contribution in [0.1, 0.15) is 36.5 Å². The number of nitrogens with one attached hydrogen (secondary N) is 2. The van der Waals surface area contributed by atoms with Crippen molar-refractivity contribution in [2.45, 2.75) is 45.1 Å². The molecule has 31 heavy (non-hydrogen) atoms. The molecule has 0 radical (unpaired) electrons. The fourth-order valence-corrected chi connectivity index (χ4v) is 5.43. The third kappa shape index (κ3) is 5.87. The summed E-state index contributed by atoms with van der Waals surface area (Å²) in [7, 11) is 0. The minimum atomic E-state index is -0.229. The number of rotatable bonds is 8. The predicted octanol–water partition coefficient (Wildman–Crippen LogP) is 1.89. The van der Waals surface area contributed by atoms with Gasteiger partial charge in [0.25, 0.3) is 5.56 Å². The summed E-state index contributed by atoms with van der Waals surface area (Å²) in [5, 5.41) is 3.33. The molecule has 1 unspecified atom stereocenters. The van der Waals surface area contributed by atoms with E-state index in [0.29, 0.717) is 56.2 Å². The lowest BCUT2D eigenvalue weighted by molar-refractivity contribution is -0.132. The molecule has 2 N–H and O–H groups in total. The molecule has 2 aromatic rings. The fraction of sp³-hybridized carbons (Fsp3) is 0.619. The van der Waals surface area contributed by atoms with Crippen molar-refractivity contribution in [1.82, 2.24) is 25.1 Å². The molecule has 1 atom stereocenters. The first-order valence-corrected chi connectivity index (χ1v) is 12.5. The molecule has 1 fully saturated rings. The minimum absolute atomic E-state index is 0.0418. The summed E-state index contributed by atoms with van der Waals surface area (Å²) in [6, 6.07) is 0. The van der Waals surface area contributed by atoms with Gasteiger partial charge in [-0.3, -0.25) is 19.3 Å². The second-order valence-electron chi connectivity index (χ2n) is 7.88. The van der Waals surface area contributed by atoms with Crippen LogP contribution in [-0.2, 0) is 15.3 Å². The highest BCUT2D eigenvalue weighted by atomic mass is 32.2. The number of aromatic nitrogens is 2. The molecule has 0 bridgehead atoms. The average molecular weight is 466 g/mol. The van der Waals surface area contributed by atoms with Crippen LogP contribution in [0.4, 0.5) is 0 Å². The van der Waals surface area contributed by atoms with Gasteiger partial charge in [0.05, 0.1) is 22.9 Å². The van der Waals surface area contributed by atoms with Crippen LogP contribution in [0.5, 0.6) is 0 Å². The van der Waals surface area contributed by atoms with Crippen molar-refractivity contribution in [2.24, 2.45) is 0 Å². The molecular weight excluding hydrogens is 434 g/mol. The SMILES string of the molecule is CCCNC(=O)CN1CCN(C(=O)C(C)SCc2nc3sc(C)c(C)c3c(=O)[nH]2)CC1. The van der Waals surface area contributed by atoms with Crippen LogP contribution < -0.4 is 10.9 Å². The standard InChI is InChI=1S/C21H31N5O3S2/c1-5-6-22-17(27)11-25-7-9-26(10-8-25)21(29)15(4)30-12-16-23-19(28)18-13(2)14(3)31-20(18)24-16/h15H,5-12H2,1-4H3,(H,22,27)(H,23,24,28). The van der Waals surface area contributed by atoms with E-state index in [4.69, 9.17) is 0 Å². The maximum atomic E-state index is 12.8. The smallest absolute Gasteiger partial charge is 0.259 e. The van der Waals surface area contributed by atoms with Crippen LogP contribution in [0.2, 0.25) is 0 Å². The summed E-state index contributed by atoms with van der Waals surface area (Å²) in [6.45, 7) is 11.6. The number of hydrogen-bond donors (Lipinski definition) is 2. The van der Waals surface area contributed by atoms with Gasteiger partial charge >= 0.3 is 0 Å². The molecule has 1 aliphatic heterocycles. The average Bonchev–Trinajstić information content (AvgIpc) is 3.04. The van der Waals surface area contributed by atoms with Gasteiger partial charge in [0.15, 0.2) is 0 Å². The number of fused-ring (bicyclic) bond motifs is 1. The molecule has 0 saturated carbocycles. The van der Waals surface area contributed by atoms with Crippen LogP contribution in [0.3, 0.4) is 0 Å². The van der Waals surface area contributed by atoms with Crippen molar-refractivity contribution in [2.75, 3.05) is 39.3 Å². The largest absolute Gasteiger partial charge is 0.355 e. The Balaban J connectivity index is 1.50. The van der Waals surface area contributed by atoms with Gasteiger partial charge in [0.2, 0.25) is 11.8 Å². The van der Waals surface area contributed by atoms with Crippen LogP contribution in [-0.4, -0.2) is 76.1 Å². The zero-order valence-corrected chi connectivity index (χ0v) is 20.3. The van der Waals surface area contributed by atoms with E-state index in [1.54, 1.807) is 0 Å². The van der Waals surface area contributed by atoms with E-state index in [0.717, 1.165) is 21.7 Å². The monoisotopic (exact) mass is 465 g/mol. The maximum Gasteiger partial charge on any atom is 0.259 e. The Hall–Kier alpha value is -1.91. The van der Waals surface area contributed by atoms with Gasteiger partial charge in [0.1, 0.15) is 10.7 Å². The summed E-state index contributed by atoms with van der Waals surface area (Å²) in [6.07, 6.45) is 0.924. The topological polar surface area (TPSA) is 98.4 Å². The van der Waals surface area contributed by atoms with Crippen molar-refractivity contribution in [3.63, 3.8) is 0 Å². The molecule has 3 rings (SSSR count). The number of aromatic amines is 1. The number of piperazine rings is 1. The Morgan fingerprint density at radius 1 is 1.26 bits per heavy atom. The molecule has 2 amide bonds. The highest BCUT2D eigenvalue weighted by Crippen LogP contribution is 2.26. The summed E-state index contributed by atoms with van der Waals surface area (Å²) < 4.78 is 0. The quantitative estimate of drug-likeness (QED) is 0.618. The van der Waals surface area contributed by atoms with Crippen molar-refractivity contribution < 1.29 is 9.59 Å². The summed E-state index contributed by atoms with van der Waals surface area (Å²) in [4.78, 5) is 50.4. The van der Waals surface area contributed by atoms with Gasteiger partial charge in [-0.05, 0) is 32.8 Å². The number of carbonyl (C=O) groups excluding carboxylic acids is 2. The van der Waals surface area contributed by atoms with Crippen LogP contribution >= 0.6 is 23.1 Å². The third-order valence-corrected chi connectivity index (χ3v) is 7.77. The van der Waals surface area contributed by atoms with Gasteiger partial charge in [-0.25, -0.2) is 4.98 Å². The number of thiophene rings is 1. The minimum Gasteiger partial charge on any atom is -0.355 e. The fourth-order valence-electron chi connectivity index (χ4n) is 3.55. The van der Waals surface area contributed by atoms with E-state index in [-0.39, 0.29) is 22.6 Å². The molecule has 2 aromatic heterocycles. The lowest BCUT2D eigenvalue weighted by atomic mass is 10.2. The maximum absolute atomic E-state index is 12.8. The van der Waals surface area contributed by atoms with E-state index in [1.807, 2.05) is 32.6 Å². The molecule has 3 heterocycles. The number of H-pyrrole nitrogens is 1. The first kappa shape index (κ1) is 23.7. The predicted molar refractivity (Wildman–Crippen MR) is 127 cm³/mol. The van der Waals surface area contributed by atoms with E-state index in [1.165, 1.54) is 23.1 Å². The Labute approximate surface area is 190 Å². The number of aryl methyl sites for hydroxylation is 2. The Morgan fingerprint density at radius 2 is 1.97 bits per heavy atom. The van der Waals surface area contributed by atoms with E-state index < -0.39 is 0 Å². The number of hydrogen-bond acceptors (Lipinski definition) is 7. The Morgan fingerprint density at radius 3 is 2.65 bits per heavy atom. The molecule has 10 heteroatoms. The first-order chi connectivity index (χ1) is 14.8. The van der Waals surface area contributed by atoms with Gasteiger partial charge in [-0.1, -0.05) is 6.92 Å². The zero-order valence-electron chi connectivity index (χ0n) is 18.6. The Bertz CT molecular complexity index is 995. The highest BCUT2D eigenvalue weighted by molar-refractivity contribution is 7.99. The van der Waals surface area contributed by atoms with Crippen molar-refractivity contribution in [3.8, 4) is 0 Å². The summed E-state index contributed by atoms with van der Waals surface area (Å²) >= 11 is 3.01. The summed E-state index contributed by atoms with van der Waals surface area (Å²) in [5.41, 5.74) is 0.874. The highest BCUT2D eigenvalue weighted by Gasteiger charge is 2.26. The third-order valence-electron chi connectivity index (χ3n) is 5.53. The lowest BCUT2D eigenvalue weighted by Gasteiger charge is -2.35. The van der Waals surface area contributed by atoms with Crippen molar-refractivity contribution in [3.05, 3.63) is 26.6 Å². The second kappa shape index (κ2) is 10.6. The van der Waals surface area contributed by atoms with E-state index >= 15 is 0 Å². The first-order valence-electron chi connectivity index (χ1n) is 10.7.